The van der Waals surface area contributed by atoms with Crippen LogP contribution in [0.25, 0.3) is 5.69 Å². The lowest BCUT2D eigenvalue weighted by Crippen LogP contribution is -2.69. The van der Waals surface area contributed by atoms with E-state index in [1.54, 1.807) is 0 Å². The lowest BCUT2D eigenvalue weighted by molar-refractivity contribution is -0.242. The van der Waals surface area contributed by atoms with Crippen LogP contribution in [-0.4, -0.2) is 13.9 Å². The maximum absolute atomic E-state index is 13.3. The zero-order chi connectivity index (χ0) is 16.8. The summed E-state index contributed by atoms with van der Waals surface area (Å²) in [5.74, 6) is 0. The van der Waals surface area contributed by atoms with E-state index in [1.165, 1.54) is 43.1 Å². The Morgan fingerprint density at radius 3 is 1.76 bits per heavy atom. The topological polar surface area (TPSA) is 48.9 Å². The molecule has 2 aliphatic heterocycles. The molecule has 0 radical (unpaired) electrons. The van der Waals surface area contributed by atoms with E-state index in [9.17, 15) is 9.59 Å². The van der Waals surface area contributed by atoms with E-state index in [1.807, 2.05) is 39.7 Å². The van der Waals surface area contributed by atoms with Gasteiger partial charge in [0.1, 0.15) is 0 Å². The Hall–Kier alpha value is -2.04. The Kier molecular flexibility index (Phi) is 2.48. The standard InChI is InChI=1S/C20H23N3O2/c24-17-21(14-6-2-1-3-7-14)18(25)23-16-9-8-15(22(17)23)19-10-4-5-11-20(16,19)13-12-19/h1-3,6-7,15-16H,4-5,8-13H2/t15-,16-,19-,20-/m0/s1. The summed E-state index contributed by atoms with van der Waals surface area (Å²) >= 11 is 0. The van der Waals surface area contributed by atoms with Crippen molar-refractivity contribution >= 4 is 0 Å². The van der Waals surface area contributed by atoms with E-state index < -0.39 is 0 Å². The third kappa shape index (κ3) is 1.37. The minimum atomic E-state index is -0.133. The molecule has 130 valence electrons. The summed E-state index contributed by atoms with van der Waals surface area (Å²) in [6, 6.07) is 9.84. The maximum atomic E-state index is 13.3. The number of nitrogens with zero attached hydrogens (tertiary/aromatic N) is 3. The molecule has 3 saturated carbocycles. The number of aromatic nitrogens is 3. The summed E-state index contributed by atoms with van der Waals surface area (Å²) in [6.07, 6.45) is 9.65. The van der Waals surface area contributed by atoms with Gasteiger partial charge in [-0.2, -0.15) is 0 Å². The number of fused-ring (bicyclic) bond motifs is 1. The monoisotopic (exact) mass is 337 g/mol. The summed E-state index contributed by atoms with van der Waals surface area (Å²) in [5.41, 5.74) is 0.995. The van der Waals surface area contributed by atoms with Crippen molar-refractivity contribution in [3.05, 3.63) is 51.3 Å². The van der Waals surface area contributed by atoms with Crippen molar-refractivity contribution in [2.24, 2.45) is 10.8 Å². The molecule has 7 rings (SSSR count). The molecule has 3 fully saturated rings. The molecule has 2 bridgehead atoms. The van der Waals surface area contributed by atoms with Crippen molar-refractivity contribution in [2.75, 3.05) is 0 Å². The normalized spacial score (nSPS) is 37.8. The van der Waals surface area contributed by atoms with Crippen LogP contribution in [-0.2, 0) is 0 Å². The minimum Gasteiger partial charge on any atom is -0.245 e. The van der Waals surface area contributed by atoms with Crippen molar-refractivity contribution < 1.29 is 0 Å². The predicted molar refractivity (Wildman–Crippen MR) is 94.2 cm³/mol. The van der Waals surface area contributed by atoms with Crippen molar-refractivity contribution in [1.29, 1.82) is 0 Å². The number of rotatable bonds is 1. The first-order valence-electron chi connectivity index (χ1n) is 9.71. The molecule has 0 spiro atoms. The molecule has 25 heavy (non-hydrogen) atoms. The van der Waals surface area contributed by atoms with Gasteiger partial charge in [-0.25, -0.2) is 23.5 Å². The average molecular weight is 337 g/mol. The molecule has 0 N–H and O–H groups in total. The average Bonchev–Trinajstić information content (AvgIpc) is 2.90. The summed E-state index contributed by atoms with van der Waals surface area (Å²) < 4.78 is 5.13. The molecule has 0 saturated heterocycles. The number of hydrogen-bond acceptors (Lipinski definition) is 2. The molecular formula is C20H23N3O2. The third-order valence-corrected chi connectivity index (χ3v) is 8.11. The van der Waals surface area contributed by atoms with Gasteiger partial charge in [0.2, 0.25) is 0 Å². The van der Waals surface area contributed by atoms with Gasteiger partial charge in [-0.1, -0.05) is 31.0 Å². The zero-order valence-electron chi connectivity index (χ0n) is 14.4. The second-order valence-corrected chi connectivity index (χ2v) is 8.55. The van der Waals surface area contributed by atoms with E-state index in [2.05, 4.69) is 0 Å². The molecular weight excluding hydrogens is 314 g/mol. The highest BCUT2D eigenvalue weighted by molar-refractivity contribution is 5.31. The fourth-order valence-corrected chi connectivity index (χ4v) is 7.14. The molecule has 3 aliphatic carbocycles. The van der Waals surface area contributed by atoms with Crippen molar-refractivity contribution in [3.8, 4) is 5.69 Å². The predicted octanol–water partition coefficient (Wildman–Crippen LogP) is 3.03. The van der Waals surface area contributed by atoms with Crippen LogP contribution >= 0.6 is 0 Å². The number of para-hydroxylation sites is 1. The summed E-state index contributed by atoms with van der Waals surface area (Å²) in [5, 5.41) is 0. The van der Waals surface area contributed by atoms with E-state index in [0.717, 1.165) is 12.8 Å². The van der Waals surface area contributed by atoms with Gasteiger partial charge in [-0.3, -0.25) is 0 Å². The number of benzene rings is 1. The summed E-state index contributed by atoms with van der Waals surface area (Å²) in [7, 11) is 0. The van der Waals surface area contributed by atoms with Crippen LogP contribution in [0, 0.1) is 10.8 Å². The van der Waals surface area contributed by atoms with E-state index >= 15 is 0 Å². The van der Waals surface area contributed by atoms with Gasteiger partial charge in [0.05, 0.1) is 17.8 Å². The Balaban J connectivity index is 1.65. The SMILES string of the molecule is O=c1n(-c2ccccc2)c(=O)n2n1[C@H]1CC[C@H]2[C@@]23CCCC[C@]12CC3. The zero-order valence-corrected chi connectivity index (χ0v) is 14.4. The third-order valence-electron chi connectivity index (χ3n) is 8.11. The Morgan fingerprint density at radius 1 is 0.760 bits per heavy atom. The van der Waals surface area contributed by atoms with Gasteiger partial charge >= 0.3 is 11.4 Å². The molecule has 2 aromatic rings. The highest BCUT2D eigenvalue weighted by Gasteiger charge is 2.72. The first-order valence-corrected chi connectivity index (χ1v) is 9.71. The highest BCUT2D eigenvalue weighted by atomic mass is 16.2. The quantitative estimate of drug-likeness (QED) is 0.803. The Bertz CT molecular complexity index is 925. The first kappa shape index (κ1) is 14.2. The Labute approximate surface area is 145 Å². The highest BCUT2D eigenvalue weighted by Crippen LogP contribution is 2.77. The lowest BCUT2D eigenvalue weighted by Gasteiger charge is -2.73. The van der Waals surface area contributed by atoms with Gasteiger partial charge in [-0.15, -0.1) is 0 Å². The summed E-state index contributed by atoms with van der Waals surface area (Å²) in [6.45, 7) is 0. The molecule has 0 unspecified atom stereocenters. The van der Waals surface area contributed by atoms with Crippen LogP contribution in [0.2, 0.25) is 0 Å². The smallest absolute Gasteiger partial charge is 0.245 e. The molecule has 4 atom stereocenters. The molecule has 5 heteroatoms. The first-order chi connectivity index (χ1) is 12.2. The molecule has 1 aromatic carbocycles. The Morgan fingerprint density at radius 2 is 1.28 bits per heavy atom. The van der Waals surface area contributed by atoms with Gasteiger partial charge in [0, 0.05) is 10.8 Å². The van der Waals surface area contributed by atoms with Gasteiger partial charge in [0.25, 0.3) is 0 Å². The minimum absolute atomic E-state index is 0.133. The number of hydrogen-bond donors (Lipinski definition) is 0. The van der Waals surface area contributed by atoms with Crippen molar-refractivity contribution in [3.63, 3.8) is 0 Å². The molecule has 3 heterocycles. The van der Waals surface area contributed by atoms with Crippen LogP contribution < -0.4 is 11.4 Å². The van der Waals surface area contributed by atoms with Gasteiger partial charge in [-0.05, 0) is 50.7 Å². The van der Waals surface area contributed by atoms with Crippen molar-refractivity contribution in [2.45, 2.75) is 63.5 Å². The largest absolute Gasteiger partial charge is 0.352 e. The lowest BCUT2D eigenvalue weighted by atomic mass is 9.36. The van der Waals surface area contributed by atoms with Crippen LogP contribution in [0.3, 0.4) is 0 Å². The fraction of sp³-hybridized carbons (Fsp3) is 0.600. The van der Waals surface area contributed by atoms with Gasteiger partial charge in [0.15, 0.2) is 0 Å². The van der Waals surface area contributed by atoms with E-state index in [4.69, 9.17) is 0 Å². The molecule has 0 amide bonds. The summed E-state index contributed by atoms with van der Waals surface area (Å²) in [4.78, 5) is 26.5. The van der Waals surface area contributed by atoms with E-state index in [0.29, 0.717) is 5.69 Å². The second-order valence-electron chi connectivity index (χ2n) is 8.55. The van der Waals surface area contributed by atoms with Gasteiger partial charge < -0.3 is 0 Å². The van der Waals surface area contributed by atoms with Crippen LogP contribution in [0.15, 0.2) is 39.9 Å². The van der Waals surface area contributed by atoms with Crippen LogP contribution in [0.5, 0.6) is 0 Å². The van der Waals surface area contributed by atoms with Crippen molar-refractivity contribution in [1.82, 2.24) is 13.9 Å². The second kappa shape index (κ2) is 4.37. The van der Waals surface area contributed by atoms with E-state index in [-0.39, 0.29) is 34.3 Å². The van der Waals surface area contributed by atoms with Crippen LogP contribution in [0.1, 0.15) is 63.5 Å². The maximum Gasteiger partial charge on any atom is 0.352 e. The molecule has 5 aliphatic rings. The van der Waals surface area contributed by atoms with Crippen LogP contribution in [0.4, 0.5) is 0 Å². The molecule has 5 nitrogen and oxygen atoms in total. The molecule has 1 aromatic heterocycles. The fourth-order valence-electron chi connectivity index (χ4n) is 7.14.